The van der Waals surface area contributed by atoms with Gasteiger partial charge in [-0.25, -0.2) is 0 Å². The molecule has 0 aromatic carbocycles. The summed E-state index contributed by atoms with van der Waals surface area (Å²) < 4.78 is 0. The SMILES string of the molecule is C[C@]12CC[C@H]3[C@@H](CC[C@H]4CC(CC(=O)O)C(O)C(O)[C@@]43C)[C@@H]1CC[C@@H]2C(=O)CCC(=O)O. The van der Waals surface area contributed by atoms with E-state index in [9.17, 15) is 29.7 Å². The smallest absolute Gasteiger partial charge is 0.303 e. The molecule has 10 atom stereocenters. The van der Waals surface area contributed by atoms with Crippen molar-refractivity contribution in [3.63, 3.8) is 0 Å². The third kappa shape index (κ3) is 3.60. The predicted octanol–water partition coefficient (Wildman–Crippen LogP) is 3.11. The molecule has 0 aliphatic heterocycles. The number of aliphatic hydroxyl groups excluding tert-OH is 2. The quantitative estimate of drug-likeness (QED) is 0.489. The molecule has 4 aliphatic rings. The molecule has 0 radical (unpaired) electrons. The van der Waals surface area contributed by atoms with Crippen LogP contribution in [-0.2, 0) is 14.4 Å². The van der Waals surface area contributed by atoms with Crippen molar-refractivity contribution in [2.75, 3.05) is 0 Å². The van der Waals surface area contributed by atoms with Gasteiger partial charge in [-0.05, 0) is 80.0 Å². The highest BCUT2D eigenvalue weighted by Crippen LogP contribution is 2.68. The van der Waals surface area contributed by atoms with Crippen LogP contribution in [-0.4, -0.2) is 50.4 Å². The van der Waals surface area contributed by atoms with Gasteiger partial charge < -0.3 is 20.4 Å². The zero-order valence-corrected chi connectivity index (χ0v) is 19.2. The Morgan fingerprint density at radius 3 is 2.25 bits per heavy atom. The number of rotatable bonds is 6. The maximum atomic E-state index is 12.9. The Morgan fingerprint density at radius 1 is 0.875 bits per heavy atom. The summed E-state index contributed by atoms with van der Waals surface area (Å²) in [6.07, 6.45) is 4.05. The van der Waals surface area contributed by atoms with Crippen LogP contribution < -0.4 is 0 Å². The Bertz CT molecular complexity index is 776. The van der Waals surface area contributed by atoms with Crippen LogP contribution in [0.15, 0.2) is 0 Å². The standard InChI is InChI=1S/C25H38O7/c1-24-10-9-17-15(16(24)5-6-18(24)19(26)7-8-20(27)28)4-3-14-11-13(12-21(29)30)22(31)23(32)25(14,17)2/h13-18,22-23,31-32H,3-12H2,1-2H3,(H,27,28)(H,29,30)/t13?,14-,15-,16-,17-,18+,22?,23?,24-,25-/m0/s1. The normalized spacial score (nSPS) is 47.8. The molecule has 7 nitrogen and oxygen atoms in total. The first-order chi connectivity index (χ1) is 15.0. The Hall–Kier alpha value is -1.47. The molecule has 4 aliphatic carbocycles. The highest BCUT2D eigenvalue weighted by molar-refractivity contribution is 5.85. The van der Waals surface area contributed by atoms with Gasteiger partial charge in [-0.1, -0.05) is 13.8 Å². The minimum Gasteiger partial charge on any atom is -0.481 e. The molecule has 0 aromatic rings. The van der Waals surface area contributed by atoms with Crippen molar-refractivity contribution < 1.29 is 34.8 Å². The molecule has 4 fully saturated rings. The Morgan fingerprint density at radius 2 is 1.59 bits per heavy atom. The number of aliphatic hydroxyl groups is 2. The minimum atomic E-state index is -1.02. The van der Waals surface area contributed by atoms with Crippen molar-refractivity contribution in [3.05, 3.63) is 0 Å². The van der Waals surface area contributed by atoms with Crippen molar-refractivity contribution in [1.82, 2.24) is 0 Å². The third-order valence-corrected chi connectivity index (χ3v) is 10.4. The van der Waals surface area contributed by atoms with E-state index < -0.39 is 35.5 Å². The predicted molar refractivity (Wildman–Crippen MR) is 116 cm³/mol. The molecule has 0 heterocycles. The molecule has 32 heavy (non-hydrogen) atoms. The first-order valence-corrected chi connectivity index (χ1v) is 12.3. The lowest BCUT2D eigenvalue weighted by atomic mass is 9.43. The average Bonchev–Trinajstić information content (AvgIpc) is 3.08. The van der Waals surface area contributed by atoms with Gasteiger partial charge in [0.15, 0.2) is 0 Å². The number of carbonyl (C=O) groups excluding carboxylic acids is 1. The lowest BCUT2D eigenvalue weighted by molar-refractivity contribution is -0.212. The summed E-state index contributed by atoms with van der Waals surface area (Å²) >= 11 is 0. The van der Waals surface area contributed by atoms with Gasteiger partial charge in [0.2, 0.25) is 0 Å². The average molecular weight is 451 g/mol. The highest BCUT2D eigenvalue weighted by atomic mass is 16.4. The second-order valence-corrected chi connectivity index (χ2v) is 11.6. The van der Waals surface area contributed by atoms with Crippen molar-refractivity contribution in [1.29, 1.82) is 0 Å². The fraction of sp³-hybridized carbons (Fsp3) is 0.880. The molecule has 3 unspecified atom stereocenters. The monoisotopic (exact) mass is 450 g/mol. The fourth-order valence-corrected chi connectivity index (χ4v) is 8.79. The largest absolute Gasteiger partial charge is 0.481 e. The summed E-state index contributed by atoms with van der Waals surface area (Å²) in [7, 11) is 0. The van der Waals surface area contributed by atoms with E-state index in [1.54, 1.807) is 0 Å². The number of Topliss-reactive ketones (excluding diaryl/α,β-unsaturated/α-hetero) is 1. The van der Waals surface area contributed by atoms with Crippen LogP contribution in [0.5, 0.6) is 0 Å². The van der Waals surface area contributed by atoms with E-state index in [4.69, 9.17) is 5.11 Å². The fourth-order valence-electron chi connectivity index (χ4n) is 8.79. The summed E-state index contributed by atoms with van der Waals surface area (Å²) in [5.41, 5.74) is -0.561. The molecule has 180 valence electrons. The summed E-state index contributed by atoms with van der Waals surface area (Å²) in [6, 6.07) is 0. The van der Waals surface area contributed by atoms with Crippen LogP contribution in [0.4, 0.5) is 0 Å². The van der Waals surface area contributed by atoms with E-state index in [0.29, 0.717) is 18.3 Å². The lowest BCUT2D eigenvalue weighted by Crippen LogP contribution is -2.63. The molecule has 0 aromatic heterocycles. The van der Waals surface area contributed by atoms with E-state index in [1.165, 1.54) is 0 Å². The second-order valence-electron chi connectivity index (χ2n) is 11.6. The number of aliphatic carboxylic acids is 2. The number of fused-ring (bicyclic) bond motifs is 5. The minimum absolute atomic E-state index is 0.0832. The van der Waals surface area contributed by atoms with Crippen LogP contribution in [0, 0.1) is 46.3 Å². The summed E-state index contributed by atoms with van der Waals surface area (Å²) in [4.78, 5) is 35.1. The van der Waals surface area contributed by atoms with Gasteiger partial charge in [-0.3, -0.25) is 14.4 Å². The van der Waals surface area contributed by atoms with Gasteiger partial charge in [-0.2, -0.15) is 0 Å². The molecular weight excluding hydrogens is 412 g/mol. The molecule has 7 heteroatoms. The van der Waals surface area contributed by atoms with Crippen molar-refractivity contribution in [3.8, 4) is 0 Å². The lowest BCUT2D eigenvalue weighted by Gasteiger charge is -2.63. The molecular formula is C25H38O7. The summed E-state index contributed by atoms with van der Waals surface area (Å²) in [5.74, 6) is -1.07. The number of ketones is 1. The van der Waals surface area contributed by atoms with E-state index in [2.05, 4.69) is 13.8 Å². The van der Waals surface area contributed by atoms with E-state index in [1.807, 2.05) is 0 Å². The van der Waals surface area contributed by atoms with Crippen molar-refractivity contribution >= 4 is 17.7 Å². The van der Waals surface area contributed by atoms with E-state index >= 15 is 0 Å². The van der Waals surface area contributed by atoms with Crippen molar-refractivity contribution in [2.24, 2.45) is 46.3 Å². The van der Waals surface area contributed by atoms with Gasteiger partial charge in [-0.15, -0.1) is 0 Å². The van der Waals surface area contributed by atoms with E-state index in [0.717, 1.165) is 38.5 Å². The van der Waals surface area contributed by atoms with Crippen LogP contribution in [0.3, 0.4) is 0 Å². The van der Waals surface area contributed by atoms with E-state index in [-0.39, 0.29) is 48.2 Å². The summed E-state index contributed by atoms with van der Waals surface area (Å²) in [6.45, 7) is 4.32. The Balaban J connectivity index is 1.54. The van der Waals surface area contributed by atoms with Crippen LogP contribution >= 0.6 is 0 Å². The number of carboxylic acids is 2. The first-order valence-electron chi connectivity index (χ1n) is 12.3. The molecule has 4 rings (SSSR count). The zero-order chi connectivity index (χ0) is 23.4. The second kappa shape index (κ2) is 8.39. The number of carboxylic acid groups (broad SMARTS) is 2. The number of hydrogen-bond donors (Lipinski definition) is 4. The number of hydrogen-bond acceptors (Lipinski definition) is 5. The van der Waals surface area contributed by atoms with Crippen LogP contribution in [0.1, 0.15) is 78.1 Å². The van der Waals surface area contributed by atoms with Crippen LogP contribution in [0.2, 0.25) is 0 Å². The van der Waals surface area contributed by atoms with Gasteiger partial charge >= 0.3 is 11.9 Å². The topological polar surface area (TPSA) is 132 Å². The van der Waals surface area contributed by atoms with Gasteiger partial charge in [0, 0.05) is 17.8 Å². The third-order valence-electron chi connectivity index (χ3n) is 10.4. The van der Waals surface area contributed by atoms with Crippen molar-refractivity contribution in [2.45, 2.75) is 90.3 Å². The first kappa shape index (κ1) is 23.7. The maximum absolute atomic E-state index is 12.9. The molecule has 4 N–H and O–H groups in total. The zero-order valence-electron chi connectivity index (χ0n) is 19.2. The molecule has 0 bridgehead atoms. The molecule has 0 saturated heterocycles. The van der Waals surface area contributed by atoms with Gasteiger partial charge in [0.05, 0.1) is 25.0 Å². The number of carbonyl (C=O) groups is 3. The maximum Gasteiger partial charge on any atom is 0.303 e. The Kier molecular flexibility index (Phi) is 6.21. The van der Waals surface area contributed by atoms with Crippen LogP contribution in [0.25, 0.3) is 0 Å². The molecule has 0 amide bonds. The highest BCUT2D eigenvalue weighted by Gasteiger charge is 2.64. The van der Waals surface area contributed by atoms with Gasteiger partial charge in [0.1, 0.15) is 5.78 Å². The molecule has 4 saturated carbocycles. The van der Waals surface area contributed by atoms with Gasteiger partial charge in [0.25, 0.3) is 0 Å². The Labute approximate surface area is 189 Å². The summed E-state index contributed by atoms with van der Waals surface area (Å²) in [5, 5.41) is 40.3. The molecule has 0 spiro atoms.